The zero-order valence-electron chi connectivity index (χ0n) is 14.8. The number of aryl methyl sites for hydroxylation is 3. The number of benzene rings is 2. The molecule has 25 heavy (non-hydrogen) atoms. The van der Waals surface area contributed by atoms with E-state index < -0.39 is 0 Å². The molecule has 0 aliphatic heterocycles. The lowest BCUT2D eigenvalue weighted by molar-refractivity contribution is 1.26. The van der Waals surface area contributed by atoms with Gasteiger partial charge in [-0.15, -0.1) is 0 Å². The first-order chi connectivity index (χ1) is 12.1. The van der Waals surface area contributed by atoms with Gasteiger partial charge in [0, 0.05) is 0 Å². The monoisotopic (exact) mass is 327 g/mol. The summed E-state index contributed by atoms with van der Waals surface area (Å²) in [6.45, 7) is 6.18. The second kappa shape index (κ2) is 7.67. The molecule has 0 saturated heterocycles. The van der Waals surface area contributed by atoms with Gasteiger partial charge in [-0.05, 0) is 55.7 Å². The van der Waals surface area contributed by atoms with Crippen molar-refractivity contribution in [2.24, 2.45) is 9.98 Å². The number of rotatable bonds is 4. The minimum absolute atomic E-state index is 0.814. The SMILES string of the molecule is Cc1ccccc1N=Cc1cccc(C=Nc2c(C)cccc2C)n1. The molecule has 2 aromatic carbocycles. The van der Waals surface area contributed by atoms with E-state index in [1.807, 2.05) is 55.5 Å². The van der Waals surface area contributed by atoms with Crippen molar-refractivity contribution >= 4 is 23.8 Å². The molecule has 124 valence electrons. The third-order valence-electron chi connectivity index (χ3n) is 4.01. The summed E-state index contributed by atoms with van der Waals surface area (Å²) in [6, 6.07) is 20.1. The van der Waals surface area contributed by atoms with Crippen molar-refractivity contribution < 1.29 is 0 Å². The summed E-state index contributed by atoms with van der Waals surface area (Å²) in [5, 5.41) is 0. The molecule has 3 heteroatoms. The number of para-hydroxylation sites is 2. The number of pyridine rings is 1. The van der Waals surface area contributed by atoms with Crippen LogP contribution in [0.2, 0.25) is 0 Å². The lowest BCUT2D eigenvalue weighted by atomic mass is 10.1. The lowest BCUT2D eigenvalue weighted by Gasteiger charge is -2.03. The molecule has 0 N–H and O–H groups in total. The van der Waals surface area contributed by atoms with Crippen molar-refractivity contribution in [1.29, 1.82) is 0 Å². The Balaban J connectivity index is 1.82. The molecule has 0 aliphatic rings. The molecule has 0 atom stereocenters. The average Bonchev–Trinajstić information content (AvgIpc) is 2.61. The van der Waals surface area contributed by atoms with Gasteiger partial charge >= 0.3 is 0 Å². The Kier molecular flexibility index (Phi) is 5.14. The molecular formula is C22H21N3. The molecule has 0 amide bonds. The molecule has 0 radical (unpaired) electrons. The van der Waals surface area contributed by atoms with Crippen LogP contribution < -0.4 is 0 Å². The highest BCUT2D eigenvalue weighted by Crippen LogP contribution is 2.22. The van der Waals surface area contributed by atoms with Gasteiger partial charge in [-0.1, -0.05) is 42.5 Å². The number of nitrogens with zero attached hydrogens (tertiary/aromatic N) is 3. The Labute approximate surface area is 148 Å². The van der Waals surface area contributed by atoms with Crippen LogP contribution in [0.15, 0.2) is 70.6 Å². The van der Waals surface area contributed by atoms with Crippen molar-refractivity contribution in [3.63, 3.8) is 0 Å². The molecule has 3 nitrogen and oxygen atoms in total. The fourth-order valence-electron chi connectivity index (χ4n) is 2.60. The van der Waals surface area contributed by atoms with Gasteiger partial charge in [0.25, 0.3) is 0 Å². The van der Waals surface area contributed by atoms with Crippen LogP contribution in [0.3, 0.4) is 0 Å². The summed E-state index contributed by atoms with van der Waals surface area (Å²) in [7, 11) is 0. The molecule has 3 rings (SSSR count). The van der Waals surface area contributed by atoms with Gasteiger partial charge in [0.2, 0.25) is 0 Å². The minimum atomic E-state index is 0.814. The number of aliphatic imine (C=N–C) groups is 2. The van der Waals surface area contributed by atoms with E-state index in [0.29, 0.717) is 0 Å². The third-order valence-corrected chi connectivity index (χ3v) is 4.01. The van der Waals surface area contributed by atoms with E-state index in [9.17, 15) is 0 Å². The van der Waals surface area contributed by atoms with E-state index in [1.54, 1.807) is 12.4 Å². The highest BCUT2D eigenvalue weighted by atomic mass is 14.8. The van der Waals surface area contributed by atoms with Crippen LogP contribution >= 0.6 is 0 Å². The molecule has 1 aromatic heterocycles. The largest absolute Gasteiger partial charge is 0.254 e. The summed E-state index contributed by atoms with van der Waals surface area (Å²) in [5.74, 6) is 0. The van der Waals surface area contributed by atoms with Crippen molar-refractivity contribution in [3.05, 3.63) is 88.7 Å². The summed E-state index contributed by atoms with van der Waals surface area (Å²) in [5.41, 5.74) is 7.06. The maximum atomic E-state index is 4.62. The first-order valence-corrected chi connectivity index (χ1v) is 8.30. The fourth-order valence-corrected chi connectivity index (χ4v) is 2.60. The van der Waals surface area contributed by atoms with E-state index in [-0.39, 0.29) is 0 Å². The first kappa shape index (κ1) is 16.8. The average molecular weight is 327 g/mol. The fraction of sp³-hybridized carbons (Fsp3) is 0.136. The Morgan fingerprint density at radius 1 is 0.640 bits per heavy atom. The Morgan fingerprint density at radius 3 is 1.88 bits per heavy atom. The number of hydrogen-bond donors (Lipinski definition) is 0. The van der Waals surface area contributed by atoms with E-state index in [2.05, 4.69) is 40.9 Å². The molecule has 0 bridgehead atoms. The number of aromatic nitrogens is 1. The minimum Gasteiger partial charge on any atom is -0.254 e. The molecular weight excluding hydrogens is 306 g/mol. The van der Waals surface area contributed by atoms with E-state index in [0.717, 1.165) is 39.5 Å². The molecule has 3 aromatic rings. The molecule has 0 spiro atoms. The standard InChI is InChI=1S/C22H21N3/c1-16-8-4-5-13-21(16)23-14-19-11-7-12-20(25-19)15-24-22-17(2)9-6-10-18(22)3/h4-15H,1-3H3. The van der Waals surface area contributed by atoms with Crippen LogP contribution in [0.4, 0.5) is 11.4 Å². The predicted octanol–water partition coefficient (Wildman–Crippen LogP) is 5.51. The summed E-state index contributed by atoms with van der Waals surface area (Å²) >= 11 is 0. The zero-order chi connectivity index (χ0) is 17.6. The van der Waals surface area contributed by atoms with E-state index in [1.165, 1.54) is 0 Å². The van der Waals surface area contributed by atoms with Gasteiger partial charge in [-0.3, -0.25) is 9.98 Å². The first-order valence-electron chi connectivity index (χ1n) is 8.30. The highest BCUT2D eigenvalue weighted by molar-refractivity contribution is 5.84. The van der Waals surface area contributed by atoms with Crippen molar-refractivity contribution in [3.8, 4) is 0 Å². The van der Waals surface area contributed by atoms with Gasteiger partial charge in [0.05, 0.1) is 35.2 Å². The van der Waals surface area contributed by atoms with Gasteiger partial charge in [-0.2, -0.15) is 0 Å². The Morgan fingerprint density at radius 2 is 1.20 bits per heavy atom. The van der Waals surface area contributed by atoms with Crippen molar-refractivity contribution in [2.75, 3.05) is 0 Å². The van der Waals surface area contributed by atoms with Gasteiger partial charge < -0.3 is 0 Å². The molecule has 1 heterocycles. The second-order valence-corrected chi connectivity index (χ2v) is 6.03. The maximum absolute atomic E-state index is 4.62. The van der Waals surface area contributed by atoms with Gasteiger partial charge in [0.15, 0.2) is 0 Å². The van der Waals surface area contributed by atoms with Crippen LogP contribution in [0, 0.1) is 20.8 Å². The quantitative estimate of drug-likeness (QED) is 0.582. The van der Waals surface area contributed by atoms with E-state index in [4.69, 9.17) is 0 Å². The van der Waals surface area contributed by atoms with Gasteiger partial charge in [-0.25, -0.2) is 4.98 Å². The van der Waals surface area contributed by atoms with E-state index >= 15 is 0 Å². The van der Waals surface area contributed by atoms with Crippen LogP contribution in [0.25, 0.3) is 0 Å². The van der Waals surface area contributed by atoms with Crippen LogP contribution in [0.1, 0.15) is 28.1 Å². The third kappa shape index (κ3) is 4.27. The topological polar surface area (TPSA) is 37.6 Å². The molecule has 0 unspecified atom stereocenters. The van der Waals surface area contributed by atoms with Crippen molar-refractivity contribution in [1.82, 2.24) is 4.98 Å². The van der Waals surface area contributed by atoms with Gasteiger partial charge in [0.1, 0.15) is 0 Å². The number of hydrogen-bond acceptors (Lipinski definition) is 3. The van der Waals surface area contributed by atoms with Crippen LogP contribution in [0.5, 0.6) is 0 Å². The Bertz CT molecular complexity index is 919. The van der Waals surface area contributed by atoms with Crippen LogP contribution in [-0.2, 0) is 0 Å². The smallest absolute Gasteiger partial charge is 0.0820 e. The Hall–Kier alpha value is -3.07. The molecule has 0 fully saturated rings. The summed E-state index contributed by atoms with van der Waals surface area (Å²) in [6.07, 6.45) is 3.60. The normalized spacial score (nSPS) is 11.5. The molecule has 0 aliphatic carbocycles. The predicted molar refractivity (Wildman–Crippen MR) is 106 cm³/mol. The maximum Gasteiger partial charge on any atom is 0.0820 e. The zero-order valence-corrected chi connectivity index (χ0v) is 14.8. The summed E-state index contributed by atoms with van der Waals surface area (Å²) in [4.78, 5) is 13.7. The summed E-state index contributed by atoms with van der Waals surface area (Å²) < 4.78 is 0. The second-order valence-electron chi connectivity index (χ2n) is 6.03. The lowest BCUT2D eigenvalue weighted by Crippen LogP contribution is -1.93. The van der Waals surface area contributed by atoms with Crippen LogP contribution in [-0.4, -0.2) is 17.4 Å². The highest BCUT2D eigenvalue weighted by Gasteiger charge is 2.00. The van der Waals surface area contributed by atoms with Crippen molar-refractivity contribution in [2.45, 2.75) is 20.8 Å². The molecule has 0 saturated carbocycles.